The lowest BCUT2D eigenvalue weighted by Crippen LogP contribution is -2.35. The van der Waals surface area contributed by atoms with Crippen LogP contribution in [0.1, 0.15) is 32.8 Å². The Morgan fingerprint density at radius 1 is 1.35 bits per heavy atom. The molecule has 0 aliphatic rings. The summed E-state index contributed by atoms with van der Waals surface area (Å²) in [6.07, 6.45) is 1.74. The fourth-order valence-electron chi connectivity index (χ4n) is 1.47. The van der Waals surface area contributed by atoms with Crippen molar-refractivity contribution < 1.29 is 9.90 Å². The Kier molecular flexibility index (Phi) is 4.55. The van der Waals surface area contributed by atoms with Gasteiger partial charge in [0.25, 0.3) is 0 Å². The molecular formula is C14H21NO2. The van der Waals surface area contributed by atoms with Crippen LogP contribution in [-0.4, -0.2) is 17.6 Å². The molecule has 0 saturated carbocycles. The molecule has 0 spiro atoms. The number of rotatable bonds is 4. The van der Waals surface area contributed by atoms with Crippen LogP contribution in [0.2, 0.25) is 0 Å². The van der Waals surface area contributed by atoms with Crippen LogP contribution in [0.15, 0.2) is 24.3 Å². The number of benzene rings is 1. The monoisotopic (exact) mass is 235 g/mol. The number of aromatic hydroxyl groups is 1. The summed E-state index contributed by atoms with van der Waals surface area (Å²) in [6, 6.07) is 7.22. The first-order chi connectivity index (χ1) is 7.89. The van der Waals surface area contributed by atoms with E-state index in [0.717, 1.165) is 18.4 Å². The maximum Gasteiger partial charge on any atom is 0.225 e. The summed E-state index contributed by atoms with van der Waals surface area (Å²) in [4.78, 5) is 11.6. The van der Waals surface area contributed by atoms with Crippen molar-refractivity contribution in [2.75, 3.05) is 6.54 Å². The molecule has 1 amide bonds. The van der Waals surface area contributed by atoms with Gasteiger partial charge in [0.15, 0.2) is 0 Å². The summed E-state index contributed by atoms with van der Waals surface area (Å²) in [6.45, 7) is 6.37. The van der Waals surface area contributed by atoms with E-state index in [-0.39, 0.29) is 11.3 Å². The van der Waals surface area contributed by atoms with Crippen LogP contribution in [0.25, 0.3) is 0 Å². The average Bonchev–Trinajstić information content (AvgIpc) is 2.23. The van der Waals surface area contributed by atoms with Gasteiger partial charge in [0.1, 0.15) is 5.75 Å². The molecule has 3 nitrogen and oxygen atoms in total. The van der Waals surface area contributed by atoms with E-state index in [9.17, 15) is 9.90 Å². The van der Waals surface area contributed by atoms with Crippen molar-refractivity contribution in [3.8, 4) is 5.75 Å². The predicted molar refractivity (Wildman–Crippen MR) is 68.9 cm³/mol. The molecule has 1 aromatic rings. The van der Waals surface area contributed by atoms with Crippen LogP contribution in [0, 0.1) is 5.41 Å². The number of phenolic OH excluding ortho intramolecular Hbond substituents is 1. The van der Waals surface area contributed by atoms with Crippen LogP contribution in [0.5, 0.6) is 5.75 Å². The SMILES string of the molecule is CC(C)(C)C(=O)NCCCc1cccc(O)c1. The van der Waals surface area contributed by atoms with Gasteiger partial charge in [-0.1, -0.05) is 32.9 Å². The van der Waals surface area contributed by atoms with E-state index in [0.29, 0.717) is 12.3 Å². The molecule has 0 unspecified atom stereocenters. The van der Waals surface area contributed by atoms with Crippen molar-refractivity contribution in [3.63, 3.8) is 0 Å². The molecule has 2 N–H and O–H groups in total. The topological polar surface area (TPSA) is 49.3 Å². The number of phenols is 1. The van der Waals surface area contributed by atoms with Crippen molar-refractivity contribution in [2.24, 2.45) is 5.41 Å². The zero-order valence-electron chi connectivity index (χ0n) is 10.8. The first-order valence-corrected chi connectivity index (χ1v) is 5.96. The standard InChI is InChI=1S/C14H21NO2/c1-14(2,3)13(17)15-9-5-7-11-6-4-8-12(16)10-11/h4,6,8,10,16H,5,7,9H2,1-3H3,(H,15,17). The molecule has 17 heavy (non-hydrogen) atoms. The molecule has 0 aliphatic carbocycles. The smallest absolute Gasteiger partial charge is 0.225 e. The molecular weight excluding hydrogens is 214 g/mol. The quantitative estimate of drug-likeness (QED) is 0.788. The molecule has 0 radical (unpaired) electrons. The number of amides is 1. The Balaban J connectivity index is 2.28. The summed E-state index contributed by atoms with van der Waals surface area (Å²) in [7, 11) is 0. The van der Waals surface area contributed by atoms with E-state index in [1.807, 2.05) is 32.9 Å². The van der Waals surface area contributed by atoms with Gasteiger partial charge >= 0.3 is 0 Å². The molecule has 1 aromatic carbocycles. The minimum absolute atomic E-state index is 0.0772. The lowest BCUT2D eigenvalue weighted by molar-refractivity contribution is -0.128. The van der Waals surface area contributed by atoms with Crippen LogP contribution < -0.4 is 5.32 Å². The second kappa shape index (κ2) is 5.71. The van der Waals surface area contributed by atoms with E-state index in [1.54, 1.807) is 12.1 Å². The van der Waals surface area contributed by atoms with Crippen molar-refractivity contribution in [1.82, 2.24) is 5.32 Å². The third-order valence-electron chi connectivity index (χ3n) is 2.52. The lowest BCUT2D eigenvalue weighted by atomic mass is 9.95. The van der Waals surface area contributed by atoms with E-state index >= 15 is 0 Å². The molecule has 0 heterocycles. The highest BCUT2D eigenvalue weighted by Gasteiger charge is 2.19. The van der Waals surface area contributed by atoms with Gasteiger partial charge in [0.05, 0.1) is 0 Å². The van der Waals surface area contributed by atoms with Crippen molar-refractivity contribution in [3.05, 3.63) is 29.8 Å². The Morgan fingerprint density at radius 2 is 2.06 bits per heavy atom. The number of hydrogen-bond donors (Lipinski definition) is 2. The fraction of sp³-hybridized carbons (Fsp3) is 0.500. The van der Waals surface area contributed by atoms with Crippen LogP contribution >= 0.6 is 0 Å². The Bertz CT molecular complexity index is 380. The number of aryl methyl sites for hydroxylation is 1. The number of hydrogen-bond acceptors (Lipinski definition) is 2. The van der Waals surface area contributed by atoms with Gasteiger partial charge in [-0.2, -0.15) is 0 Å². The first kappa shape index (κ1) is 13.6. The van der Waals surface area contributed by atoms with Crippen LogP contribution in [0.4, 0.5) is 0 Å². The highest BCUT2D eigenvalue weighted by Crippen LogP contribution is 2.13. The predicted octanol–water partition coefficient (Wildman–Crippen LogP) is 2.49. The maximum absolute atomic E-state index is 11.6. The summed E-state index contributed by atoms with van der Waals surface area (Å²) >= 11 is 0. The third-order valence-corrected chi connectivity index (χ3v) is 2.52. The van der Waals surface area contributed by atoms with E-state index in [2.05, 4.69) is 5.32 Å². The summed E-state index contributed by atoms with van der Waals surface area (Å²) < 4.78 is 0. The molecule has 0 bridgehead atoms. The average molecular weight is 235 g/mol. The minimum atomic E-state index is -0.328. The summed E-state index contributed by atoms with van der Waals surface area (Å²) in [5.41, 5.74) is 0.764. The van der Waals surface area contributed by atoms with Gasteiger partial charge in [-0.05, 0) is 30.5 Å². The molecule has 0 atom stereocenters. The van der Waals surface area contributed by atoms with Gasteiger partial charge in [0, 0.05) is 12.0 Å². The van der Waals surface area contributed by atoms with Gasteiger partial charge in [-0.15, -0.1) is 0 Å². The third kappa shape index (κ3) is 4.89. The van der Waals surface area contributed by atoms with E-state index < -0.39 is 0 Å². The van der Waals surface area contributed by atoms with Crippen molar-refractivity contribution >= 4 is 5.91 Å². The Morgan fingerprint density at radius 3 is 2.65 bits per heavy atom. The van der Waals surface area contributed by atoms with Crippen molar-refractivity contribution in [2.45, 2.75) is 33.6 Å². The number of carbonyl (C=O) groups is 1. The fourth-order valence-corrected chi connectivity index (χ4v) is 1.47. The molecule has 0 fully saturated rings. The van der Waals surface area contributed by atoms with Gasteiger partial charge < -0.3 is 10.4 Å². The van der Waals surface area contributed by atoms with Gasteiger partial charge in [0.2, 0.25) is 5.91 Å². The molecule has 0 saturated heterocycles. The van der Waals surface area contributed by atoms with E-state index in [1.165, 1.54) is 0 Å². The molecule has 1 rings (SSSR count). The number of nitrogens with one attached hydrogen (secondary N) is 1. The highest BCUT2D eigenvalue weighted by molar-refractivity contribution is 5.81. The molecule has 3 heteroatoms. The number of carbonyl (C=O) groups excluding carboxylic acids is 1. The van der Waals surface area contributed by atoms with Gasteiger partial charge in [-0.3, -0.25) is 4.79 Å². The first-order valence-electron chi connectivity index (χ1n) is 5.96. The zero-order valence-corrected chi connectivity index (χ0v) is 10.8. The van der Waals surface area contributed by atoms with Crippen LogP contribution in [0.3, 0.4) is 0 Å². The highest BCUT2D eigenvalue weighted by atomic mass is 16.3. The van der Waals surface area contributed by atoms with Crippen LogP contribution in [-0.2, 0) is 11.2 Å². The van der Waals surface area contributed by atoms with E-state index in [4.69, 9.17) is 0 Å². The Labute approximate surface area is 103 Å². The molecule has 0 aromatic heterocycles. The maximum atomic E-state index is 11.6. The summed E-state index contributed by atoms with van der Waals surface area (Å²) in [5.74, 6) is 0.370. The summed E-state index contributed by atoms with van der Waals surface area (Å²) in [5, 5.41) is 12.2. The van der Waals surface area contributed by atoms with Crippen molar-refractivity contribution in [1.29, 1.82) is 0 Å². The normalized spacial score (nSPS) is 11.2. The largest absolute Gasteiger partial charge is 0.508 e. The molecule has 0 aliphatic heterocycles. The second-order valence-corrected chi connectivity index (χ2v) is 5.28. The zero-order chi connectivity index (χ0) is 12.9. The molecule has 94 valence electrons. The minimum Gasteiger partial charge on any atom is -0.508 e. The Hall–Kier alpha value is -1.51. The van der Waals surface area contributed by atoms with Gasteiger partial charge in [-0.25, -0.2) is 0 Å². The lowest BCUT2D eigenvalue weighted by Gasteiger charge is -2.17. The second-order valence-electron chi connectivity index (χ2n) is 5.28.